The molecule has 0 saturated heterocycles. The van der Waals surface area contributed by atoms with Gasteiger partial charge >= 0.3 is 0 Å². The molecule has 2 aromatic rings. The van der Waals surface area contributed by atoms with Crippen LogP contribution < -0.4 is 5.32 Å². The molecule has 0 aliphatic carbocycles. The molecule has 0 aromatic carbocycles. The second-order valence-electron chi connectivity index (χ2n) is 3.95. The lowest BCUT2D eigenvalue weighted by molar-refractivity contribution is 0.332. The Hall–Kier alpha value is -1.76. The summed E-state index contributed by atoms with van der Waals surface area (Å²) in [5.41, 5.74) is 0.586. The van der Waals surface area contributed by atoms with Gasteiger partial charge in [-0.3, -0.25) is 0 Å². The minimum absolute atomic E-state index is 0.156. The molecule has 7 nitrogen and oxygen atoms in total. The van der Waals surface area contributed by atoms with Gasteiger partial charge in [0.15, 0.2) is 5.69 Å². The lowest BCUT2D eigenvalue weighted by Crippen LogP contribution is -2.30. The van der Waals surface area contributed by atoms with E-state index in [0.29, 0.717) is 17.4 Å². The number of H-pyrrole nitrogens is 1. The zero-order chi connectivity index (χ0) is 12.3. The minimum Gasteiger partial charge on any atom is -0.339 e. The van der Waals surface area contributed by atoms with Gasteiger partial charge in [0.25, 0.3) is 0 Å². The Morgan fingerprint density at radius 2 is 2.29 bits per heavy atom. The molecule has 2 aromatic heterocycles. The quantitative estimate of drug-likeness (QED) is 0.803. The van der Waals surface area contributed by atoms with E-state index in [1.807, 2.05) is 6.92 Å². The van der Waals surface area contributed by atoms with Crippen molar-refractivity contribution in [2.24, 2.45) is 0 Å². The molecule has 0 fully saturated rings. The number of nitrogens with zero attached hydrogens (tertiary/aromatic N) is 4. The highest BCUT2D eigenvalue weighted by Gasteiger charge is 2.21. The molecule has 0 radical (unpaired) electrons. The van der Waals surface area contributed by atoms with Gasteiger partial charge in [0.1, 0.15) is 0 Å². The minimum atomic E-state index is 0.156. The van der Waals surface area contributed by atoms with E-state index >= 15 is 0 Å². The highest BCUT2D eigenvalue weighted by atomic mass is 16.5. The Kier molecular flexibility index (Phi) is 3.48. The first-order valence-electron chi connectivity index (χ1n) is 5.65. The van der Waals surface area contributed by atoms with Crippen molar-refractivity contribution in [2.75, 3.05) is 6.54 Å². The average Bonchev–Trinajstić information content (AvgIpc) is 2.98. The number of hydrogen-bond donors (Lipinski definition) is 2. The van der Waals surface area contributed by atoms with Crippen LogP contribution in [0.25, 0.3) is 11.5 Å². The van der Waals surface area contributed by atoms with Crippen LogP contribution in [0, 0.1) is 0 Å². The standard InChI is InChI=1S/C10H16N6O/c1-4-11-7(3)6(2)10-13-9(15-17-10)8-5-12-16-14-8/h5-7,11H,4H2,1-3H3,(H,12,14,16). The first-order chi connectivity index (χ1) is 8.22. The molecule has 0 saturated carbocycles. The third-order valence-electron chi connectivity index (χ3n) is 2.75. The molecule has 0 aliphatic rings. The molecule has 2 heterocycles. The number of aromatic amines is 1. The predicted octanol–water partition coefficient (Wildman–Crippen LogP) is 0.956. The van der Waals surface area contributed by atoms with Gasteiger partial charge in [-0.2, -0.15) is 20.4 Å². The van der Waals surface area contributed by atoms with Crippen molar-refractivity contribution in [1.29, 1.82) is 0 Å². The van der Waals surface area contributed by atoms with E-state index < -0.39 is 0 Å². The van der Waals surface area contributed by atoms with E-state index in [-0.39, 0.29) is 12.0 Å². The monoisotopic (exact) mass is 236 g/mol. The summed E-state index contributed by atoms with van der Waals surface area (Å²) in [6.45, 7) is 7.12. The summed E-state index contributed by atoms with van der Waals surface area (Å²) in [6, 6.07) is 0.283. The largest absolute Gasteiger partial charge is 0.339 e. The molecule has 2 atom stereocenters. The van der Waals surface area contributed by atoms with E-state index in [1.54, 1.807) is 6.20 Å². The topological polar surface area (TPSA) is 92.5 Å². The fraction of sp³-hybridized carbons (Fsp3) is 0.600. The Balaban J connectivity index is 2.13. The maximum absolute atomic E-state index is 5.23. The van der Waals surface area contributed by atoms with Crippen LogP contribution in [-0.4, -0.2) is 38.1 Å². The first-order valence-corrected chi connectivity index (χ1v) is 5.65. The van der Waals surface area contributed by atoms with Gasteiger partial charge < -0.3 is 9.84 Å². The van der Waals surface area contributed by atoms with Gasteiger partial charge in [0, 0.05) is 6.04 Å². The Bertz CT molecular complexity index is 451. The van der Waals surface area contributed by atoms with Crippen molar-refractivity contribution in [3.63, 3.8) is 0 Å². The van der Waals surface area contributed by atoms with Crippen molar-refractivity contribution in [3.05, 3.63) is 12.1 Å². The van der Waals surface area contributed by atoms with Crippen LogP contribution in [0.15, 0.2) is 10.7 Å². The maximum Gasteiger partial charge on any atom is 0.231 e. The Labute approximate surface area is 99.0 Å². The molecule has 92 valence electrons. The van der Waals surface area contributed by atoms with Gasteiger partial charge in [0.2, 0.25) is 11.7 Å². The molecule has 7 heteroatoms. The highest BCUT2D eigenvalue weighted by molar-refractivity contribution is 5.44. The lowest BCUT2D eigenvalue weighted by Gasteiger charge is -2.16. The third kappa shape index (κ3) is 2.50. The lowest BCUT2D eigenvalue weighted by atomic mass is 10.0. The number of hydrogen-bond acceptors (Lipinski definition) is 6. The maximum atomic E-state index is 5.23. The van der Waals surface area contributed by atoms with Crippen LogP contribution in [-0.2, 0) is 0 Å². The van der Waals surface area contributed by atoms with Crippen LogP contribution in [0.2, 0.25) is 0 Å². The van der Waals surface area contributed by atoms with Crippen molar-refractivity contribution in [2.45, 2.75) is 32.7 Å². The smallest absolute Gasteiger partial charge is 0.231 e. The predicted molar refractivity (Wildman–Crippen MR) is 61.2 cm³/mol. The molecule has 2 N–H and O–H groups in total. The normalized spacial score (nSPS) is 14.8. The average molecular weight is 236 g/mol. The van der Waals surface area contributed by atoms with E-state index in [9.17, 15) is 0 Å². The zero-order valence-corrected chi connectivity index (χ0v) is 10.1. The number of aromatic nitrogens is 5. The third-order valence-corrected chi connectivity index (χ3v) is 2.75. The SMILES string of the molecule is CCNC(C)C(C)c1nc(-c2cn[nH]n2)no1. The molecule has 0 amide bonds. The molecular weight excluding hydrogens is 220 g/mol. The van der Waals surface area contributed by atoms with Gasteiger partial charge in [-0.25, -0.2) is 0 Å². The van der Waals surface area contributed by atoms with Crippen molar-refractivity contribution >= 4 is 0 Å². The van der Waals surface area contributed by atoms with Gasteiger partial charge in [-0.05, 0) is 13.5 Å². The molecule has 0 spiro atoms. The first kappa shape index (κ1) is 11.7. The van der Waals surface area contributed by atoms with E-state index in [4.69, 9.17) is 4.52 Å². The number of nitrogens with one attached hydrogen (secondary N) is 2. The zero-order valence-electron chi connectivity index (χ0n) is 10.1. The number of rotatable bonds is 5. The van der Waals surface area contributed by atoms with Crippen molar-refractivity contribution in [1.82, 2.24) is 30.9 Å². The summed E-state index contributed by atoms with van der Waals surface area (Å²) in [6.07, 6.45) is 1.56. The van der Waals surface area contributed by atoms with Crippen LogP contribution >= 0.6 is 0 Å². The van der Waals surface area contributed by atoms with E-state index in [0.717, 1.165) is 6.54 Å². The summed E-state index contributed by atoms with van der Waals surface area (Å²) in [5, 5.41) is 17.3. The molecule has 0 bridgehead atoms. The Morgan fingerprint density at radius 1 is 1.47 bits per heavy atom. The molecular formula is C10H16N6O. The fourth-order valence-electron chi connectivity index (χ4n) is 1.55. The van der Waals surface area contributed by atoms with E-state index in [1.165, 1.54) is 0 Å². The Morgan fingerprint density at radius 3 is 2.94 bits per heavy atom. The van der Waals surface area contributed by atoms with Crippen molar-refractivity contribution in [3.8, 4) is 11.5 Å². The van der Waals surface area contributed by atoms with Crippen LogP contribution in [0.4, 0.5) is 0 Å². The summed E-state index contributed by atoms with van der Waals surface area (Å²) in [5.74, 6) is 1.23. The van der Waals surface area contributed by atoms with Crippen LogP contribution in [0.1, 0.15) is 32.6 Å². The summed E-state index contributed by atoms with van der Waals surface area (Å²) < 4.78 is 5.23. The molecule has 17 heavy (non-hydrogen) atoms. The fourth-order valence-corrected chi connectivity index (χ4v) is 1.55. The summed E-state index contributed by atoms with van der Waals surface area (Å²) >= 11 is 0. The van der Waals surface area contributed by atoms with Gasteiger partial charge in [-0.1, -0.05) is 19.0 Å². The van der Waals surface area contributed by atoms with Crippen LogP contribution in [0.5, 0.6) is 0 Å². The summed E-state index contributed by atoms with van der Waals surface area (Å²) in [7, 11) is 0. The molecule has 2 unspecified atom stereocenters. The van der Waals surface area contributed by atoms with E-state index in [2.05, 4.69) is 44.7 Å². The second-order valence-corrected chi connectivity index (χ2v) is 3.95. The van der Waals surface area contributed by atoms with Gasteiger partial charge in [0.05, 0.1) is 12.1 Å². The number of likely N-dealkylation sites (N-methyl/N-ethyl adjacent to an activating group) is 1. The molecule has 2 rings (SSSR count). The van der Waals surface area contributed by atoms with Crippen molar-refractivity contribution < 1.29 is 4.52 Å². The second kappa shape index (κ2) is 5.05. The van der Waals surface area contributed by atoms with Gasteiger partial charge in [-0.15, -0.1) is 0 Å². The molecule has 0 aliphatic heterocycles. The van der Waals surface area contributed by atoms with Crippen LogP contribution in [0.3, 0.4) is 0 Å². The highest BCUT2D eigenvalue weighted by Crippen LogP contribution is 2.20. The summed E-state index contributed by atoms with van der Waals surface area (Å²) in [4.78, 5) is 4.32.